The third kappa shape index (κ3) is 3.73. The van der Waals surface area contributed by atoms with Crippen LogP contribution in [0.4, 0.5) is 4.39 Å². The average Bonchev–Trinajstić information content (AvgIpc) is 3.32. The summed E-state index contributed by atoms with van der Waals surface area (Å²) in [5, 5.41) is 3.68. The first-order chi connectivity index (χ1) is 13.1. The molecule has 2 N–H and O–H groups in total. The van der Waals surface area contributed by atoms with Gasteiger partial charge >= 0.3 is 0 Å². The molecule has 0 bridgehead atoms. The zero-order valence-corrected chi connectivity index (χ0v) is 15.6. The van der Waals surface area contributed by atoms with Crippen molar-refractivity contribution in [1.82, 2.24) is 15.2 Å². The van der Waals surface area contributed by atoms with Gasteiger partial charge in [0.15, 0.2) is 0 Å². The quantitative estimate of drug-likeness (QED) is 0.674. The minimum absolute atomic E-state index is 0.0233. The molecule has 1 saturated heterocycles. The van der Waals surface area contributed by atoms with E-state index < -0.39 is 5.82 Å². The number of nitrogens with zero attached hydrogens (tertiary/aromatic N) is 1. The van der Waals surface area contributed by atoms with Crippen molar-refractivity contribution in [3.8, 4) is 0 Å². The summed E-state index contributed by atoms with van der Waals surface area (Å²) in [5.74, 6) is 0.130. The Balaban J connectivity index is 1.52. The number of fused-ring (bicyclic) bond motifs is 1. The Morgan fingerprint density at radius 3 is 2.85 bits per heavy atom. The van der Waals surface area contributed by atoms with Crippen molar-refractivity contribution in [3.63, 3.8) is 0 Å². The molecule has 0 spiro atoms. The van der Waals surface area contributed by atoms with Crippen LogP contribution in [0.15, 0.2) is 41.0 Å². The topological polar surface area (TPSA) is 61.3 Å². The van der Waals surface area contributed by atoms with Crippen LogP contribution in [0.25, 0.3) is 10.9 Å². The Bertz CT molecular complexity index is 932. The lowest BCUT2D eigenvalue weighted by atomic mass is 10.1. The summed E-state index contributed by atoms with van der Waals surface area (Å²) in [5.41, 5.74) is 0.874. The highest BCUT2D eigenvalue weighted by Crippen LogP contribution is 2.29. The maximum absolute atomic E-state index is 13.5. The molecule has 1 atom stereocenters. The summed E-state index contributed by atoms with van der Waals surface area (Å²) < 4.78 is 19.1. The normalized spacial score (nSPS) is 16.5. The predicted octanol–water partition coefficient (Wildman–Crippen LogP) is 4.51. The van der Waals surface area contributed by atoms with E-state index >= 15 is 0 Å². The molecule has 1 unspecified atom stereocenters. The monoisotopic (exact) mass is 389 g/mol. The van der Waals surface area contributed by atoms with Crippen LogP contribution in [0.3, 0.4) is 0 Å². The minimum Gasteiger partial charge on any atom is -0.468 e. The molecule has 27 heavy (non-hydrogen) atoms. The van der Waals surface area contributed by atoms with E-state index in [-0.39, 0.29) is 22.7 Å². The second-order valence-electron chi connectivity index (χ2n) is 6.84. The van der Waals surface area contributed by atoms with Crippen molar-refractivity contribution in [2.24, 2.45) is 0 Å². The number of amides is 1. The van der Waals surface area contributed by atoms with Crippen molar-refractivity contribution in [2.75, 3.05) is 19.6 Å². The van der Waals surface area contributed by atoms with Crippen LogP contribution < -0.4 is 5.32 Å². The number of halogens is 2. The number of carbonyl (C=O) groups excluding carboxylic acids is 1. The molecule has 142 valence electrons. The van der Waals surface area contributed by atoms with Crippen LogP contribution in [0, 0.1) is 5.82 Å². The number of likely N-dealkylation sites (tertiary alicyclic amines) is 1. The summed E-state index contributed by atoms with van der Waals surface area (Å²) in [7, 11) is 0. The zero-order chi connectivity index (χ0) is 18.8. The van der Waals surface area contributed by atoms with E-state index in [0.29, 0.717) is 17.4 Å². The van der Waals surface area contributed by atoms with E-state index in [9.17, 15) is 9.18 Å². The third-order valence-corrected chi connectivity index (χ3v) is 5.48. The van der Waals surface area contributed by atoms with Crippen LogP contribution in [0.5, 0.6) is 0 Å². The van der Waals surface area contributed by atoms with Gasteiger partial charge in [-0.2, -0.15) is 0 Å². The molecule has 2 aromatic heterocycles. The molecule has 0 saturated carbocycles. The number of rotatable bonds is 5. The smallest absolute Gasteiger partial charge is 0.269 e. The number of hydrogen-bond donors (Lipinski definition) is 2. The van der Waals surface area contributed by atoms with Crippen molar-refractivity contribution < 1.29 is 13.6 Å². The number of H-pyrrole nitrogens is 1. The van der Waals surface area contributed by atoms with Crippen LogP contribution >= 0.6 is 11.6 Å². The van der Waals surface area contributed by atoms with Crippen LogP contribution in [0.2, 0.25) is 5.02 Å². The van der Waals surface area contributed by atoms with Gasteiger partial charge in [0.05, 0.1) is 17.3 Å². The van der Waals surface area contributed by atoms with Crippen molar-refractivity contribution in [2.45, 2.75) is 25.3 Å². The fourth-order valence-corrected chi connectivity index (χ4v) is 3.98. The van der Waals surface area contributed by atoms with Crippen molar-refractivity contribution in [3.05, 3.63) is 58.9 Å². The number of carbonyl (C=O) groups is 1. The Morgan fingerprint density at radius 2 is 2.11 bits per heavy atom. The van der Waals surface area contributed by atoms with Crippen LogP contribution in [-0.4, -0.2) is 35.4 Å². The minimum atomic E-state index is -0.390. The summed E-state index contributed by atoms with van der Waals surface area (Å²) in [4.78, 5) is 18.0. The van der Waals surface area contributed by atoms with Gasteiger partial charge in [-0.05, 0) is 56.3 Å². The maximum atomic E-state index is 13.5. The van der Waals surface area contributed by atoms with Gasteiger partial charge in [0.1, 0.15) is 17.3 Å². The van der Waals surface area contributed by atoms with Gasteiger partial charge in [-0.1, -0.05) is 18.0 Å². The molecule has 3 heterocycles. The molecule has 1 aromatic carbocycles. The highest BCUT2D eigenvalue weighted by Gasteiger charge is 2.26. The average molecular weight is 390 g/mol. The number of furan rings is 1. The summed E-state index contributed by atoms with van der Waals surface area (Å²) in [6.45, 7) is 2.37. The predicted molar refractivity (Wildman–Crippen MR) is 102 cm³/mol. The summed E-state index contributed by atoms with van der Waals surface area (Å²) in [6, 6.07) is 8.00. The van der Waals surface area contributed by atoms with Crippen molar-refractivity contribution in [1.29, 1.82) is 0 Å². The molecule has 3 aromatic rings. The number of nitrogens with one attached hydrogen (secondary N) is 2. The summed E-state index contributed by atoms with van der Waals surface area (Å²) >= 11 is 6.30. The van der Waals surface area contributed by atoms with Gasteiger partial charge in [-0.15, -0.1) is 0 Å². The highest BCUT2D eigenvalue weighted by molar-refractivity contribution is 6.38. The Hall–Kier alpha value is -2.31. The van der Waals surface area contributed by atoms with Crippen LogP contribution in [0.1, 0.15) is 41.6 Å². The maximum Gasteiger partial charge on any atom is 0.269 e. The molecule has 0 radical (unpaired) electrons. The van der Waals surface area contributed by atoms with Gasteiger partial charge in [-0.3, -0.25) is 9.69 Å². The molecule has 0 aliphatic carbocycles. The van der Waals surface area contributed by atoms with E-state index in [2.05, 4.69) is 15.2 Å². The number of piperidine rings is 1. The van der Waals surface area contributed by atoms with Gasteiger partial charge in [0.25, 0.3) is 5.91 Å². The first-order valence-electron chi connectivity index (χ1n) is 9.16. The van der Waals surface area contributed by atoms with E-state index in [0.717, 1.165) is 31.7 Å². The second kappa shape index (κ2) is 7.74. The Kier molecular flexibility index (Phi) is 5.18. The molecule has 1 aliphatic rings. The zero-order valence-electron chi connectivity index (χ0n) is 14.8. The van der Waals surface area contributed by atoms with Gasteiger partial charge in [0.2, 0.25) is 0 Å². The lowest BCUT2D eigenvalue weighted by Gasteiger charge is -2.33. The summed E-state index contributed by atoms with van der Waals surface area (Å²) in [6.07, 6.45) is 5.17. The fourth-order valence-electron chi connectivity index (χ4n) is 3.69. The highest BCUT2D eigenvalue weighted by atomic mass is 35.5. The fraction of sp³-hybridized carbons (Fsp3) is 0.350. The van der Waals surface area contributed by atoms with E-state index in [1.165, 1.54) is 18.6 Å². The third-order valence-electron chi connectivity index (χ3n) is 5.08. The standard InChI is InChI=1S/C20H21ClFN3O2/c21-18-14-11-13(22)6-7-15(14)24-19(18)20(26)23-12-16(17-5-4-10-27-17)25-8-2-1-3-9-25/h4-7,10-11,16,24H,1-3,8-9,12H2,(H,23,26). The molecule has 1 fully saturated rings. The number of aromatic nitrogens is 1. The number of hydrogen-bond acceptors (Lipinski definition) is 3. The lowest BCUT2D eigenvalue weighted by molar-refractivity contribution is 0.0910. The first-order valence-corrected chi connectivity index (χ1v) is 9.53. The Morgan fingerprint density at radius 1 is 1.30 bits per heavy atom. The largest absolute Gasteiger partial charge is 0.468 e. The molecule has 1 aliphatic heterocycles. The van der Waals surface area contributed by atoms with E-state index in [1.54, 1.807) is 12.3 Å². The van der Waals surface area contributed by atoms with Gasteiger partial charge in [-0.25, -0.2) is 4.39 Å². The molecule has 4 rings (SSSR count). The Labute approximate surface area is 161 Å². The van der Waals surface area contributed by atoms with E-state index in [4.69, 9.17) is 16.0 Å². The van der Waals surface area contributed by atoms with Gasteiger partial charge < -0.3 is 14.7 Å². The van der Waals surface area contributed by atoms with Crippen molar-refractivity contribution >= 4 is 28.4 Å². The molecular weight excluding hydrogens is 369 g/mol. The number of benzene rings is 1. The molecule has 5 nitrogen and oxygen atoms in total. The number of aromatic amines is 1. The second-order valence-corrected chi connectivity index (χ2v) is 7.22. The van der Waals surface area contributed by atoms with Crippen LogP contribution in [-0.2, 0) is 0 Å². The first kappa shape index (κ1) is 18.1. The van der Waals surface area contributed by atoms with Gasteiger partial charge in [0, 0.05) is 17.4 Å². The lowest BCUT2D eigenvalue weighted by Crippen LogP contribution is -2.40. The van der Waals surface area contributed by atoms with E-state index in [1.807, 2.05) is 12.1 Å². The molecular formula is C20H21ClFN3O2. The molecule has 1 amide bonds. The SMILES string of the molecule is O=C(NCC(c1ccco1)N1CCCCC1)c1[nH]c2ccc(F)cc2c1Cl. The molecule has 7 heteroatoms.